The molecule has 0 saturated carbocycles. The minimum absolute atomic E-state index is 0.297. The minimum Gasteiger partial charge on any atom is -0.370 e. The molecule has 1 aromatic heterocycles. The van der Waals surface area contributed by atoms with Crippen molar-refractivity contribution < 1.29 is 4.39 Å². The average Bonchev–Trinajstić information content (AvgIpc) is 2.41. The molecule has 0 atom stereocenters. The third-order valence-electron chi connectivity index (χ3n) is 3.08. The molecule has 5 heteroatoms. The summed E-state index contributed by atoms with van der Waals surface area (Å²) in [5.74, 6) is 1.06. The molecule has 0 aliphatic carbocycles. The first-order valence-corrected chi connectivity index (χ1v) is 7.42. The Morgan fingerprint density at radius 3 is 2.65 bits per heavy atom. The van der Waals surface area contributed by atoms with Gasteiger partial charge in [0, 0.05) is 27.8 Å². The fourth-order valence-electron chi connectivity index (χ4n) is 2.12. The zero-order valence-electron chi connectivity index (χ0n) is 11.8. The van der Waals surface area contributed by atoms with Crippen LogP contribution in [0.15, 0.2) is 22.7 Å². The number of rotatable bonds is 4. The van der Waals surface area contributed by atoms with Crippen LogP contribution in [0.3, 0.4) is 0 Å². The van der Waals surface area contributed by atoms with Crippen LogP contribution in [0.1, 0.15) is 25.1 Å². The van der Waals surface area contributed by atoms with Crippen LogP contribution in [-0.4, -0.2) is 16.5 Å². The highest BCUT2D eigenvalue weighted by atomic mass is 79.9. The number of hydrogen-bond acceptors (Lipinski definition) is 3. The van der Waals surface area contributed by atoms with Gasteiger partial charge in [0.1, 0.15) is 11.6 Å². The second kappa shape index (κ2) is 6.31. The summed E-state index contributed by atoms with van der Waals surface area (Å²) in [6, 6.07) is 4.52. The van der Waals surface area contributed by atoms with E-state index in [0.29, 0.717) is 11.4 Å². The molecular weight excluding hydrogens is 321 g/mol. The molecule has 0 radical (unpaired) electrons. The number of benzene rings is 1. The molecule has 0 fully saturated rings. The number of anilines is 1. The molecule has 1 N–H and O–H groups in total. The van der Waals surface area contributed by atoms with Crippen LogP contribution in [0.25, 0.3) is 11.4 Å². The Bertz CT molecular complexity index is 629. The van der Waals surface area contributed by atoms with Crippen LogP contribution in [0.5, 0.6) is 0 Å². The predicted molar refractivity (Wildman–Crippen MR) is 83.4 cm³/mol. The van der Waals surface area contributed by atoms with Gasteiger partial charge in [-0.05, 0) is 38.5 Å². The molecule has 1 aromatic carbocycles. The highest BCUT2D eigenvalue weighted by Gasteiger charge is 2.13. The lowest BCUT2D eigenvalue weighted by Gasteiger charge is -2.13. The molecule has 0 saturated heterocycles. The van der Waals surface area contributed by atoms with Gasteiger partial charge < -0.3 is 5.32 Å². The molecule has 2 aromatic rings. The van der Waals surface area contributed by atoms with E-state index >= 15 is 0 Å². The lowest BCUT2D eigenvalue weighted by molar-refractivity contribution is 0.628. The maximum absolute atomic E-state index is 13.4. The van der Waals surface area contributed by atoms with Crippen molar-refractivity contribution in [3.8, 4) is 11.4 Å². The van der Waals surface area contributed by atoms with E-state index in [1.54, 1.807) is 6.07 Å². The van der Waals surface area contributed by atoms with E-state index in [4.69, 9.17) is 0 Å². The van der Waals surface area contributed by atoms with E-state index in [1.165, 1.54) is 12.1 Å². The fraction of sp³-hybridized carbons (Fsp3) is 0.333. The van der Waals surface area contributed by atoms with Gasteiger partial charge in [-0.15, -0.1) is 0 Å². The SMILES string of the molecule is CCNc1nc(-c2cc(F)ccc2Br)nc(C)c1CC. The van der Waals surface area contributed by atoms with Gasteiger partial charge in [0.2, 0.25) is 0 Å². The molecule has 20 heavy (non-hydrogen) atoms. The van der Waals surface area contributed by atoms with Gasteiger partial charge in [0.05, 0.1) is 0 Å². The molecular formula is C15H17BrFN3. The molecule has 0 bridgehead atoms. The van der Waals surface area contributed by atoms with Crippen molar-refractivity contribution in [2.24, 2.45) is 0 Å². The summed E-state index contributed by atoms with van der Waals surface area (Å²) in [6.45, 7) is 6.84. The lowest BCUT2D eigenvalue weighted by Crippen LogP contribution is -2.08. The number of halogens is 2. The van der Waals surface area contributed by atoms with E-state index in [2.05, 4.69) is 38.1 Å². The van der Waals surface area contributed by atoms with Gasteiger partial charge in [-0.1, -0.05) is 22.9 Å². The van der Waals surface area contributed by atoms with E-state index in [0.717, 1.165) is 34.5 Å². The van der Waals surface area contributed by atoms with Crippen LogP contribution in [-0.2, 0) is 6.42 Å². The second-order valence-electron chi connectivity index (χ2n) is 4.47. The predicted octanol–water partition coefficient (Wildman–Crippen LogP) is 4.35. The standard InChI is InChI=1S/C15H17BrFN3/c1-4-11-9(3)19-15(20-14(11)18-5-2)12-8-10(17)6-7-13(12)16/h6-8H,4-5H2,1-3H3,(H,18,19,20). The van der Waals surface area contributed by atoms with E-state index in [9.17, 15) is 4.39 Å². The first-order valence-electron chi connectivity index (χ1n) is 6.63. The van der Waals surface area contributed by atoms with Gasteiger partial charge >= 0.3 is 0 Å². The molecule has 0 unspecified atom stereocenters. The van der Waals surface area contributed by atoms with Crippen LogP contribution in [0, 0.1) is 12.7 Å². The summed E-state index contributed by atoms with van der Waals surface area (Å²) in [4.78, 5) is 9.06. The molecule has 0 aliphatic rings. The van der Waals surface area contributed by atoms with Gasteiger partial charge in [-0.3, -0.25) is 0 Å². The van der Waals surface area contributed by atoms with E-state index < -0.39 is 0 Å². The molecule has 2 rings (SSSR count). The van der Waals surface area contributed by atoms with E-state index in [1.807, 2.05) is 13.8 Å². The smallest absolute Gasteiger partial charge is 0.163 e. The summed E-state index contributed by atoms with van der Waals surface area (Å²) in [6.07, 6.45) is 0.860. The van der Waals surface area contributed by atoms with Crippen molar-refractivity contribution in [2.75, 3.05) is 11.9 Å². The van der Waals surface area contributed by atoms with Gasteiger partial charge in [-0.25, -0.2) is 14.4 Å². The first kappa shape index (κ1) is 14.9. The summed E-state index contributed by atoms with van der Waals surface area (Å²) < 4.78 is 14.2. The van der Waals surface area contributed by atoms with E-state index in [-0.39, 0.29) is 5.82 Å². The summed E-state index contributed by atoms with van der Waals surface area (Å²) in [7, 11) is 0. The Hall–Kier alpha value is -1.49. The van der Waals surface area contributed by atoms with Crippen molar-refractivity contribution in [3.05, 3.63) is 39.7 Å². The molecule has 0 aliphatic heterocycles. The summed E-state index contributed by atoms with van der Waals surface area (Å²) in [5, 5.41) is 3.25. The zero-order valence-corrected chi connectivity index (χ0v) is 13.4. The van der Waals surface area contributed by atoms with Crippen LogP contribution in [0.4, 0.5) is 10.2 Å². The monoisotopic (exact) mass is 337 g/mol. The number of hydrogen-bond donors (Lipinski definition) is 1. The van der Waals surface area contributed by atoms with Crippen molar-refractivity contribution in [3.63, 3.8) is 0 Å². The van der Waals surface area contributed by atoms with Crippen LogP contribution >= 0.6 is 15.9 Å². The number of aromatic nitrogens is 2. The summed E-state index contributed by atoms with van der Waals surface area (Å²) in [5.41, 5.74) is 2.68. The average molecular weight is 338 g/mol. The van der Waals surface area contributed by atoms with Gasteiger partial charge in [0.25, 0.3) is 0 Å². The minimum atomic E-state index is -0.297. The quantitative estimate of drug-likeness (QED) is 0.901. The largest absolute Gasteiger partial charge is 0.370 e. The lowest BCUT2D eigenvalue weighted by atomic mass is 10.1. The Labute approximate surface area is 126 Å². The first-order chi connectivity index (χ1) is 9.56. The second-order valence-corrected chi connectivity index (χ2v) is 5.32. The molecule has 106 valence electrons. The summed E-state index contributed by atoms with van der Waals surface area (Å²) >= 11 is 3.42. The number of nitrogens with one attached hydrogen (secondary N) is 1. The van der Waals surface area contributed by atoms with Gasteiger partial charge in [0.15, 0.2) is 5.82 Å². The molecule has 0 amide bonds. The van der Waals surface area contributed by atoms with Gasteiger partial charge in [-0.2, -0.15) is 0 Å². The number of aryl methyl sites for hydroxylation is 1. The molecule has 3 nitrogen and oxygen atoms in total. The molecule has 1 heterocycles. The molecule has 0 spiro atoms. The van der Waals surface area contributed by atoms with Crippen LogP contribution < -0.4 is 5.32 Å². The maximum atomic E-state index is 13.4. The Morgan fingerprint density at radius 1 is 1.25 bits per heavy atom. The number of nitrogens with zero attached hydrogens (tertiary/aromatic N) is 2. The third kappa shape index (κ3) is 2.98. The maximum Gasteiger partial charge on any atom is 0.163 e. The van der Waals surface area contributed by atoms with Crippen molar-refractivity contribution in [1.82, 2.24) is 9.97 Å². The Kier molecular flexibility index (Phi) is 4.70. The highest BCUT2D eigenvalue weighted by molar-refractivity contribution is 9.10. The van der Waals surface area contributed by atoms with Crippen molar-refractivity contribution >= 4 is 21.7 Å². The zero-order chi connectivity index (χ0) is 14.7. The van der Waals surface area contributed by atoms with Crippen LogP contribution in [0.2, 0.25) is 0 Å². The third-order valence-corrected chi connectivity index (χ3v) is 3.77. The Balaban J connectivity index is 2.60. The highest BCUT2D eigenvalue weighted by Crippen LogP contribution is 2.29. The van der Waals surface area contributed by atoms with Crippen molar-refractivity contribution in [2.45, 2.75) is 27.2 Å². The normalized spacial score (nSPS) is 10.7. The topological polar surface area (TPSA) is 37.8 Å². The Morgan fingerprint density at radius 2 is 2.00 bits per heavy atom. The van der Waals surface area contributed by atoms with Crippen molar-refractivity contribution in [1.29, 1.82) is 0 Å². The fourth-order valence-corrected chi connectivity index (χ4v) is 2.55.